The van der Waals surface area contributed by atoms with E-state index in [0.29, 0.717) is 5.69 Å². The predicted molar refractivity (Wildman–Crippen MR) is 62.5 cm³/mol. The molecule has 0 bridgehead atoms. The third kappa shape index (κ3) is 2.13. The molecule has 1 aromatic carbocycles. The van der Waals surface area contributed by atoms with Gasteiger partial charge < -0.3 is 0 Å². The van der Waals surface area contributed by atoms with E-state index in [0.717, 1.165) is 10.8 Å². The average Bonchev–Trinajstić information content (AvgIpc) is 2.32. The van der Waals surface area contributed by atoms with Crippen LogP contribution in [0.4, 0.5) is 0 Å². The molecule has 0 N–H and O–H groups in total. The molecule has 0 fully saturated rings. The fourth-order valence-electron chi connectivity index (χ4n) is 1.45. The Morgan fingerprint density at radius 2 is 1.87 bits per heavy atom. The summed E-state index contributed by atoms with van der Waals surface area (Å²) in [4.78, 5) is 4.01. The number of nitrogens with zero attached hydrogens (tertiary/aromatic N) is 2. The van der Waals surface area contributed by atoms with Crippen molar-refractivity contribution in [1.29, 1.82) is 5.26 Å². The minimum Gasteiger partial charge on any atom is -0.245 e. The summed E-state index contributed by atoms with van der Waals surface area (Å²) in [7, 11) is 0. The lowest BCUT2D eigenvalue weighted by Gasteiger charge is -2.01. The van der Waals surface area contributed by atoms with Crippen molar-refractivity contribution in [1.82, 2.24) is 4.98 Å². The number of benzene rings is 1. The van der Waals surface area contributed by atoms with Crippen molar-refractivity contribution in [2.45, 2.75) is 20.8 Å². The van der Waals surface area contributed by atoms with Crippen molar-refractivity contribution in [2.75, 3.05) is 0 Å². The van der Waals surface area contributed by atoms with Crippen molar-refractivity contribution >= 4 is 10.8 Å². The summed E-state index contributed by atoms with van der Waals surface area (Å²) in [6.07, 6.45) is 1.67. The van der Waals surface area contributed by atoms with Crippen LogP contribution in [0.15, 0.2) is 30.5 Å². The van der Waals surface area contributed by atoms with E-state index >= 15 is 0 Å². The number of fused-ring (bicyclic) bond motifs is 1. The Balaban J connectivity index is 0.000000531. The Labute approximate surface area is 90.2 Å². The summed E-state index contributed by atoms with van der Waals surface area (Å²) in [5.41, 5.74) is 1.68. The second kappa shape index (κ2) is 5.11. The molecule has 0 aliphatic carbocycles. The van der Waals surface area contributed by atoms with E-state index in [1.165, 1.54) is 5.56 Å². The lowest BCUT2D eigenvalue weighted by atomic mass is 10.1. The Hall–Kier alpha value is -1.88. The maximum atomic E-state index is 8.81. The second-order valence-corrected chi connectivity index (χ2v) is 2.94. The summed E-state index contributed by atoms with van der Waals surface area (Å²) in [5, 5.41) is 10.9. The van der Waals surface area contributed by atoms with Crippen molar-refractivity contribution in [3.05, 3.63) is 41.7 Å². The predicted octanol–water partition coefficient (Wildman–Crippen LogP) is 3.44. The molecule has 0 aliphatic heterocycles. The Kier molecular flexibility index (Phi) is 3.82. The van der Waals surface area contributed by atoms with Crippen LogP contribution in [0.2, 0.25) is 0 Å². The van der Waals surface area contributed by atoms with Crippen LogP contribution in [0.1, 0.15) is 25.1 Å². The van der Waals surface area contributed by atoms with Gasteiger partial charge in [0.2, 0.25) is 0 Å². The van der Waals surface area contributed by atoms with Crippen LogP contribution in [0.25, 0.3) is 10.8 Å². The van der Waals surface area contributed by atoms with Gasteiger partial charge in [0.25, 0.3) is 0 Å². The minimum atomic E-state index is 0.501. The molecule has 0 atom stereocenters. The van der Waals surface area contributed by atoms with E-state index in [4.69, 9.17) is 5.26 Å². The second-order valence-electron chi connectivity index (χ2n) is 2.94. The number of rotatable bonds is 0. The van der Waals surface area contributed by atoms with E-state index in [-0.39, 0.29) is 0 Å². The third-order valence-electron chi connectivity index (χ3n) is 2.13. The highest BCUT2D eigenvalue weighted by molar-refractivity contribution is 5.88. The molecule has 0 unspecified atom stereocenters. The molecule has 0 aliphatic rings. The first-order valence-electron chi connectivity index (χ1n) is 5.07. The maximum absolute atomic E-state index is 8.81. The van der Waals surface area contributed by atoms with Gasteiger partial charge in [-0.1, -0.05) is 32.0 Å². The van der Waals surface area contributed by atoms with E-state index in [2.05, 4.69) is 11.1 Å². The molecule has 15 heavy (non-hydrogen) atoms. The quantitative estimate of drug-likeness (QED) is 0.650. The van der Waals surface area contributed by atoms with Gasteiger partial charge in [-0.2, -0.15) is 5.26 Å². The zero-order valence-corrected chi connectivity index (χ0v) is 9.28. The molecule has 2 aromatic rings. The zero-order chi connectivity index (χ0) is 11.3. The molecular formula is C13H14N2. The molecule has 0 radical (unpaired) electrons. The highest BCUT2D eigenvalue weighted by Gasteiger charge is 2.01. The highest BCUT2D eigenvalue weighted by Crippen LogP contribution is 2.19. The zero-order valence-electron chi connectivity index (χ0n) is 9.28. The third-order valence-corrected chi connectivity index (χ3v) is 2.13. The van der Waals surface area contributed by atoms with Gasteiger partial charge in [-0.15, -0.1) is 0 Å². The summed E-state index contributed by atoms with van der Waals surface area (Å²) in [6.45, 7) is 6.03. The standard InChI is InChI=1S/C11H8N2.C2H6/c1-8-3-2-4-10-9(8)5-6-13-11(10)7-12;1-2/h2-6H,1H3;1-2H3. The van der Waals surface area contributed by atoms with Gasteiger partial charge in [-0.3, -0.25) is 0 Å². The van der Waals surface area contributed by atoms with E-state index < -0.39 is 0 Å². The lowest BCUT2D eigenvalue weighted by Crippen LogP contribution is -1.85. The van der Waals surface area contributed by atoms with Crippen LogP contribution in [0, 0.1) is 18.3 Å². The van der Waals surface area contributed by atoms with Gasteiger partial charge in [-0.05, 0) is 23.9 Å². The van der Waals surface area contributed by atoms with Gasteiger partial charge >= 0.3 is 0 Å². The Morgan fingerprint density at radius 3 is 2.53 bits per heavy atom. The van der Waals surface area contributed by atoms with E-state index in [1.807, 2.05) is 45.0 Å². The van der Waals surface area contributed by atoms with Crippen molar-refractivity contribution in [3.63, 3.8) is 0 Å². The van der Waals surface area contributed by atoms with Crippen LogP contribution in [-0.4, -0.2) is 4.98 Å². The molecule has 0 saturated carbocycles. The molecule has 0 saturated heterocycles. The van der Waals surface area contributed by atoms with Crippen LogP contribution in [-0.2, 0) is 0 Å². The molecule has 76 valence electrons. The van der Waals surface area contributed by atoms with Gasteiger partial charge in [-0.25, -0.2) is 4.98 Å². The Bertz CT molecular complexity index is 495. The number of hydrogen-bond acceptors (Lipinski definition) is 2. The highest BCUT2D eigenvalue weighted by atomic mass is 14.7. The fourth-order valence-corrected chi connectivity index (χ4v) is 1.45. The van der Waals surface area contributed by atoms with Gasteiger partial charge in [0, 0.05) is 11.6 Å². The SMILES string of the molecule is CC.Cc1cccc2c(C#N)nccc12. The van der Waals surface area contributed by atoms with Gasteiger partial charge in [0.05, 0.1) is 0 Å². The maximum Gasteiger partial charge on any atom is 0.148 e. The normalized spacial score (nSPS) is 8.93. The van der Waals surface area contributed by atoms with E-state index in [9.17, 15) is 0 Å². The molecule has 2 nitrogen and oxygen atoms in total. The van der Waals surface area contributed by atoms with Gasteiger partial charge in [0.15, 0.2) is 0 Å². The topological polar surface area (TPSA) is 36.7 Å². The van der Waals surface area contributed by atoms with Crippen LogP contribution < -0.4 is 0 Å². The summed E-state index contributed by atoms with van der Waals surface area (Å²) in [5.74, 6) is 0. The summed E-state index contributed by atoms with van der Waals surface area (Å²) < 4.78 is 0. The smallest absolute Gasteiger partial charge is 0.148 e. The summed E-state index contributed by atoms with van der Waals surface area (Å²) in [6, 6.07) is 9.92. The largest absolute Gasteiger partial charge is 0.245 e. The number of hydrogen-bond donors (Lipinski definition) is 0. The van der Waals surface area contributed by atoms with Gasteiger partial charge in [0.1, 0.15) is 11.8 Å². The molecular weight excluding hydrogens is 184 g/mol. The van der Waals surface area contributed by atoms with Crippen molar-refractivity contribution in [3.8, 4) is 6.07 Å². The molecule has 2 heteroatoms. The lowest BCUT2D eigenvalue weighted by molar-refractivity contribution is 1.29. The molecule has 0 spiro atoms. The number of aromatic nitrogens is 1. The van der Waals surface area contributed by atoms with Crippen LogP contribution in [0.3, 0.4) is 0 Å². The Morgan fingerprint density at radius 1 is 1.13 bits per heavy atom. The summed E-state index contributed by atoms with van der Waals surface area (Å²) >= 11 is 0. The van der Waals surface area contributed by atoms with Crippen molar-refractivity contribution in [2.24, 2.45) is 0 Å². The minimum absolute atomic E-state index is 0.501. The first-order chi connectivity index (χ1) is 7.33. The number of nitriles is 1. The monoisotopic (exact) mass is 198 g/mol. The molecule has 1 aromatic heterocycles. The number of pyridine rings is 1. The molecule has 0 amide bonds. The first-order valence-corrected chi connectivity index (χ1v) is 5.07. The van der Waals surface area contributed by atoms with E-state index in [1.54, 1.807) is 6.20 Å². The number of aryl methyl sites for hydroxylation is 1. The first kappa shape index (κ1) is 11.2. The average molecular weight is 198 g/mol. The van der Waals surface area contributed by atoms with Crippen LogP contribution >= 0.6 is 0 Å². The molecule has 2 rings (SSSR count). The fraction of sp³-hybridized carbons (Fsp3) is 0.231. The van der Waals surface area contributed by atoms with Crippen molar-refractivity contribution < 1.29 is 0 Å². The van der Waals surface area contributed by atoms with Crippen LogP contribution in [0.5, 0.6) is 0 Å². The molecule has 1 heterocycles.